The number of hydrogen-bond acceptors (Lipinski definition) is 7. The Bertz CT molecular complexity index is 985. The summed E-state index contributed by atoms with van der Waals surface area (Å²) in [7, 11) is 0. The van der Waals surface area contributed by atoms with E-state index >= 15 is 0 Å². The third-order valence-electron chi connectivity index (χ3n) is 3.61. The lowest BCUT2D eigenvalue weighted by Crippen LogP contribution is -2.11. The summed E-state index contributed by atoms with van der Waals surface area (Å²) in [4.78, 5) is 36.3. The molecule has 7 nitrogen and oxygen atoms in total. The van der Waals surface area contributed by atoms with Gasteiger partial charge in [0, 0.05) is 12.5 Å². The lowest BCUT2D eigenvalue weighted by Gasteiger charge is -2.08. The fourth-order valence-corrected chi connectivity index (χ4v) is 3.38. The Kier molecular flexibility index (Phi) is 5.78. The van der Waals surface area contributed by atoms with Crippen molar-refractivity contribution in [2.24, 2.45) is 0 Å². The van der Waals surface area contributed by atoms with Gasteiger partial charge in [0.25, 0.3) is 5.91 Å². The molecule has 2 N–H and O–H groups in total. The molecule has 0 unspecified atom stereocenters. The van der Waals surface area contributed by atoms with Crippen LogP contribution < -0.4 is 10.6 Å². The number of thiazole rings is 1. The standard InChI is InChI=1S/C18H16ClN5O2S/c1-10-4-3-5-13(19)16(10)24-17(26)14-9-20-18(27-14)23-15-8-12(6-7-25)21-11(2)22-15/h3-5,7-9H,6H2,1-2H3,(H,24,26)(H,20,21,22,23). The summed E-state index contributed by atoms with van der Waals surface area (Å²) in [5, 5.41) is 6.84. The van der Waals surface area contributed by atoms with Gasteiger partial charge in [-0.3, -0.25) is 4.79 Å². The minimum Gasteiger partial charge on any atom is -0.320 e. The molecule has 3 aromatic rings. The number of para-hydroxylation sites is 1. The Morgan fingerprint density at radius 3 is 2.85 bits per heavy atom. The zero-order valence-corrected chi connectivity index (χ0v) is 16.2. The average Bonchev–Trinajstić information content (AvgIpc) is 3.06. The van der Waals surface area contributed by atoms with Crippen molar-refractivity contribution in [2.45, 2.75) is 20.3 Å². The molecule has 0 fully saturated rings. The second-order valence-corrected chi connectivity index (χ2v) is 7.14. The van der Waals surface area contributed by atoms with Crippen LogP contribution >= 0.6 is 22.9 Å². The number of nitrogens with zero attached hydrogens (tertiary/aromatic N) is 3. The molecule has 0 bridgehead atoms. The summed E-state index contributed by atoms with van der Waals surface area (Å²) in [6.07, 6.45) is 2.48. The van der Waals surface area contributed by atoms with Crippen molar-refractivity contribution in [3.63, 3.8) is 0 Å². The van der Waals surface area contributed by atoms with Gasteiger partial charge in [-0.15, -0.1) is 0 Å². The van der Waals surface area contributed by atoms with Crippen LogP contribution in [0.2, 0.25) is 5.02 Å². The van der Waals surface area contributed by atoms with E-state index in [2.05, 4.69) is 25.6 Å². The highest BCUT2D eigenvalue weighted by molar-refractivity contribution is 7.17. The average molecular weight is 402 g/mol. The summed E-state index contributed by atoms with van der Waals surface area (Å²) < 4.78 is 0. The van der Waals surface area contributed by atoms with Gasteiger partial charge < -0.3 is 15.4 Å². The van der Waals surface area contributed by atoms with E-state index < -0.39 is 0 Å². The first kappa shape index (κ1) is 18.9. The number of hydrogen-bond donors (Lipinski definition) is 2. The molecule has 2 aromatic heterocycles. The maximum atomic E-state index is 12.5. The summed E-state index contributed by atoms with van der Waals surface area (Å²) in [5.74, 6) is 0.764. The molecule has 27 heavy (non-hydrogen) atoms. The minimum atomic E-state index is -0.294. The van der Waals surface area contributed by atoms with Crippen LogP contribution in [0.5, 0.6) is 0 Å². The Labute approximate surface area is 164 Å². The molecular weight excluding hydrogens is 386 g/mol. The van der Waals surface area contributed by atoms with Crippen LogP contribution in [0.3, 0.4) is 0 Å². The van der Waals surface area contributed by atoms with Gasteiger partial charge in [-0.2, -0.15) is 0 Å². The highest BCUT2D eigenvalue weighted by Crippen LogP contribution is 2.27. The van der Waals surface area contributed by atoms with Gasteiger partial charge in [-0.05, 0) is 25.5 Å². The molecule has 0 saturated carbocycles. The molecule has 0 aliphatic rings. The maximum Gasteiger partial charge on any atom is 0.267 e. The molecule has 0 aliphatic heterocycles. The second kappa shape index (κ2) is 8.24. The lowest BCUT2D eigenvalue weighted by atomic mass is 10.2. The Hall–Kier alpha value is -2.84. The number of carbonyl (C=O) groups excluding carboxylic acids is 2. The van der Waals surface area contributed by atoms with E-state index in [0.717, 1.165) is 11.8 Å². The fraction of sp³-hybridized carbons (Fsp3) is 0.167. The molecule has 0 saturated heterocycles. The maximum absolute atomic E-state index is 12.5. The molecule has 0 atom stereocenters. The number of benzene rings is 1. The summed E-state index contributed by atoms with van der Waals surface area (Å²) in [6.45, 7) is 3.61. The van der Waals surface area contributed by atoms with Crippen molar-refractivity contribution in [1.82, 2.24) is 15.0 Å². The predicted octanol–water partition coefficient (Wildman–Crippen LogP) is 3.94. The van der Waals surface area contributed by atoms with Crippen molar-refractivity contribution in [3.05, 3.63) is 57.4 Å². The number of rotatable bonds is 6. The van der Waals surface area contributed by atoms with Gasteiger partial charge >= 0.3 is 0 Å². The van der Waals surface area contributed by atoms with E-state index in [0.29, 0.717) is 38.1 Å². The van der Waals surface area contributed by atoms with E-state index in [-0.39, 0.29) is 12.3 Å². The summed E-state index contributed by atoms with van der Waals surface area (Å²) >= 11 is 7.34. The van der Waals surface area contributed by atoms with E-state index in [4.69, 9.17) is 11.6 Å². The quantitative estimate of drug-likeness (QED) is 0.607. The minimum absolute atomic E-state index is 0.209. The van der Waals surface area contributed by atoms with Crippen molar-refractivity contribution in [2.75, 3.05) is 10.6 Å². The molecule has 0 radical (unpaired) electrons. The zero-order chi connectivity index (χ0) is 19.4. The number of halogens is 1. The molecular formula is C18H16ClN5O2S. The largest absolute Gasteiger partial charge is 0.320 e. The smallest absolute Gasteiger partial charge is 0.267 e. The van der Waals surface area contributed by atoms with Crippen LogP contribution in [0.1, 0.15) is 26.8 Å². The van der Waals surface area contributed by atoms with E-state index in [1.54, 1.807) is 19.1 Å². The van der Waals surface area contributed by atoms with Crippen LogP contribution in [-0.4, -0.2) is 27.1 Å². The van der Waals surface area contributed by atoms with Gasteiger partial charge in [-0.1, -0.05) is 35.1 Å². The SMILES string of the molecule is Cc1nc(CC=O)cc(Nc2ncc(C(=O)Nc3c(C)cccc3Cl)s2)n1. The molecule has 0 aliphatic carbocycles. The van der Waals surface area contributed by atoms with Gasteiger partial charge in [0.1, 0.15) is 22.8 Å². The summed E-state index contributed by atoms with van der Waals surface area (Å²) in [5.41, 5.74) is 2.07. The van der Waals surface area contributed by atoms with Crippen molar-refractivity contribution in [1.29, 1.82) is 0 Å². The normalized spacial score (nSPS) is 10.5. The van der Waals surface area contributed by atoms with E-state index in [1.165, 1.54) is 17.5 Å². The van der Waals surface area contributed by atoms with Crippen LogP contribution in [0.25, 0.3) is 0 Å². The molecule has 0 spiro atoms. The Balaban J connectivity index is 1.75. The van der Waals surface area contributed by atoms with Gasteiger partial charge in [0.05, 0.1) is 22.6 Å². The first-order valence-corrected chi connectivity index (χ1v) is 9.23. The number of amides is 1. The number of anilines is 3. The zero-order valence-electron chi connectivity index (χ0n) is 14.6. The number of nitrogens with one attached hydrogen (secondary N) is 2. The molecule has 138 valence electrons. The van der Waals surface area contributed by atoms with Crippen LogP contribution in [0, 0.1) is 13.8 Å². The number of aryl methyl sites for hydroxylation is 2. The van der Waals surface area contributed by atoms with Gasteiger partial charge in [0.2, 0.25) is 0 Å². The highest BCUT2D eigenvalue weighted by atomic mass is 35.5. The van der Waals surface area contributed by atoms with Crippen LogP contribution in [0.4, 0.5) is 16.6 Å². The topological polar surface area (TPSA) is 96.9 Å². The molecule has 9 heteroatoms. The highest BCUT2D eigenvalue weighted by Gasteiger charge is 2.14. The van der Waals surface area contributed by atoms with Gasteiger partial charge in [0.15, 0.2) is 5.13 Å². The molecule has 1 aromatic carbocycles. The van der Waals surface area contributed by atoms with Crippen molar-refractivity contribution in [3.8, 4) is 0 Å². The number of aromatic nitrogens is 3. The lowest BCUT2D eigenvalue weighted by molar-refractivity contribution is -0.107. The Morgan fingerprint density at radius 1 is 1.30 bits per heavy atom. The molecule has 2 heterocycles. The second-order valence-electron chi connectivity index (χ2n) is 5.70. The summed E-state index contributed by atoms with van der Waals surface area (Å²) in [6, 6.07) is 7.09. The first-order valence-electron chi connectivity index (χ1n) is 8.04. The number of carbonyl (C=O) groups is 2. The fourth-order valence-electron chi connectivity index (χ4n) is 2.40. The Morgan fingerprint density at radius 2 is 2.11 bits per heavy atom. The first-order chi connectivity index (χ1) is 13.0. The third kappa shape index (κ3) is 4.66. The number of aldehydes is 1. The predicted molar refractivity (Wildman–Crippen MR) is 106 cm³/mol. The van der Waals surface area contributed by atoms with Crippen molar-refractivity contribution < 1.29 is 9.59 Å². The van der Waals surface area contributed by atoms with Crippen molar-refractivity contribution >= 4 is 51.8 Å². The van der Waals surface area contributed by atoms with E-state index in [9.17, 15) is 9.59 Å². The molecule has 1 amide bonds. The monoisotopic (exact) mass is 401 g/mol. The third-order valence-corrected chi connectivity index (χ3v) is 4.83. The van der Waals surface area contributed by atoms with Crippen LogP contribution in [-0.2, 0) is 11.2 Å². The molecule has 3 rings (SSSR count). The van der Waals surface area contributed by atoms with Gasteiger partial charge in [-0.25, -0.2) is 15.0 Å². The van der Waals surface area contributed by atoms with Crippen LogP contribution in [0.15, 0.2) is 30.5 Å². The van der Waals surface area contributed by atoms with E-state index in [1.807, 2.05) is 19.1 Å².